The molecule has 0 radical (unpaired) electrons. The van der Waals surface area contributed by atoms with Gasteiger partial charge in [-0.05, 0) is 86.8 Å². The van der Waals surface area contributed by atoms with Crippen LogP contribution in [0, 0.1) is 6.92 Å². The molecule has 1 fully saturated rings. The first kappa shape index (κ1) is 30.3. The fourth-order valence-electron chi connectivity index (χ4n) is 4.75. The van der Waals surface area contributed by atoms with E-state index in [0.29, 0.717) is 37.9 Å². The van der Waals surface area contributed by atoms with Crippen LogP contribution in [0.3, 0.4) is 0 Å². The first-order valence-corrected chi connectivity index (χ1v) is 13.7. The number of likely N-dealkylation sites (tertiary alicyclic amines) is 1. The number of carbonyl (C=O) groups is 1. The number of rotatable bonds is 12. The summed E-state index contributed by atoms with van der Waals surface area (Å²) in [6.07, 6.45) is -1.25. The van der Waals surface area contributed by atoms with Crippen molar-refractivity contribution in [3.05, 3.63) is 65.5 Å². The lowest BCUT2D eigenvalue weighted by Crippen LogP contribution is -2.28. The summed E-state index contributed by atoms with van der Waals surface area (Å²) in [7, 11) is 1.66. The number of aromatic nitrogens is 2. The summed E-state index contributed by atoms with van der Waals surface area (Å²) in [4.78, 5) is 25.4. The van der Waals surface area contributed by atoms with Crippen LogP contribution >= 0.6 is 0 Å². The normalized spacial score (nSPS) is 13.8. The minimum atomic E-state index is -4.64. The molecule has 1 aliphatic heterocycles. The standard InChI is InChI=1S/C30H36F3N5O3/c1-4-38(14-15-40-3)27-18-23(19-28(36-27)41-16-13-37-11-5-6-12-37)25-20-24(8-7-21(25)2)35-29(39)22-9-10-34-26(17-22)30(31,32)33/h7-10,17-20H,4-6,11-16H2,1-3H3,(H,35,39). The molecule has 3 heterocycles. The predicted molar refractivity (Wildman–Crippen MR) is 153 cm³/mol. The first-order valence-electron chi connectivity index (χ1n) is 13.7. The van der Waals surface area contributed by atoms with E-state index in [1.165, 1.54) is 18.9 Å². The molecule has 3 aromatic rings. The summed E-state index contributed by atoms with van der Waals surface area (Å²) in [6.45, 7) is 9.41. The van der Waals surface area contributed by atoms with Gasteiger partial charge in [0.05, 0.1) is 6.61 Å². The van der Waals surface area contributed by atoms with E-state index < -0.39 is 17.8 Å². The molecule has 41 heavy (non-hydrogen) atoms. The maximum atomic E-state index is 13.1. The topological polar surface area (TPSA) is 79.8 Å². The average Bonchev–Trinajstić information content (AvgIpc) is 3.47. The fourth-order valence-corrected chi connectivity index (χ4v) is 4.75. The van der Waals surface area contributed by atoms with Crippen molar-refractivity contribution in [1.82, 2.24) is 14.9 Å². The Labute approximate surface area is 238 Å². The number of methoxy groups -OCH3 is 1. The molecule has 4 rings (SSSR count). The largest absolute Gasteiger partial charge is 0.476 e. The van der Waals surface area contributed by atoms with E-state index in [9.17, 15) is 18.0 Å². The van der Waals surface area contributed by atoms with E-state index in [-0.39, 0.29) is 5.56 Å². The second-order valence-corrected chi connectivity index (χ2v) is 9.93. The van der Waals surface area contributed by atoms with E-state index in [0.717, 1.165) is 54.4 Å². The number of amides is 1. The summed E-state index contributed by atoms with van der Waals surface area (Å²) >= 11 is 0. The molecule has 0 bridgehead atoms. The van der Waals surface area contributed by atoms with Crippen molar-refractivity contribution in [3.8, 4) is 17.0 Å². The molecule has 1 aromatic carbocycles. The van der Waals surface area contributed by atoms with Crippen LogP contribution < -0.4 is 15.0 Å². The average molecular weight is 572 g/mol. The van der Waals surface area contributed by atoms with Crippen molar-refractivity contribution in [1.29, 1.82) is 0 Å². The van der Waals surface area contributed by atoms with E-state index in [1.54, 1.807) is 19.2 Å². The number of benzene rings is 1. The number of halogens is 3. The molecule has 1 saturated heterocycles. The van der Waals surface area contributed by atoms with Gasteiger partial charge in [-0.1, -0.05) is 6.07 Å². The number of aryl methyl sites for hydroxylation is 1. The van der Waals surface area contributed by atoms with Crippen LogP contribution in [0.5, 0.6) is 5.88 Å². The summed E-state index contributed by atoms with van der Waals surface area (Å²) < 4.78 is 50.7. The number of hydrogen-bond donors (Lipinski definition) is 1. The molecule has 220 valence electrons. The van der Waals surface area contributed by atoms with Crippen molar-refractivity contribution in [2.45, 2.75) is 32.9 Å². The number of nitrogens with zero attached hydrogens (tertiary/aromatic N) is 4. The number of anilines is 2. The Balaban J connectivity index is 1.61. The first-order chi connectivity index (χ1) is 19.7. The van der Waals surface area contributed by atoms with Crippen molar-refractivity contribution >= 4 is 17.4 Å². The molecule has 11 heteroatoms. The lowest BCUT2D eigenvalue weighted by atomic mass is 10.00. The highest BCUT2D eigenvalue weighted by atomic mass is 19.4. The molecule has 1 N–H and O–H groups in total. The summed E-state index contributed by atoms with van der Waals surface area (Å²) in [5.41, 5.74) is 1.83. The molecule has 0 saturated carbocycles. The van der Waals surface area contributed by atoms with Crippen molar-refractivity contribution in [2.24, 2.45) is 0 Å². The molecular weight excluding hydrogens is 535 g/mol. The number of carbonyl (C=O) groups excluding carboxylic acids is 1. The minimum absolute atomic E-state index is 0.133. The van der Waals surface area contributed by atoms with Gasteiger partial charge in [-0.2, -0.15) is 18.2 Å². The fraction of sp³-hybridized carbons (Fsp3) is 0.433. The predicted octanol–water partition coefficient (Wildman–Crippen LogP) is 5.67. The van der Waals surface area contributed by atoms with Crippen molar-refractivity contribution in [3.63, 3.8) is 0 Å². The van der Waals surface area contributed by atoms with Gasteiger partial charge in [-0.25, -0.2) is 0 Å². The molecular formula is C30H36F3N5O3. The summed E-state index contributed by atoms with van der Waals surface area (Å²) in [6, 6.07) is 11.2. The van der Waals surface area contributed by atoms with E-state index in [2.05, 4.69) is 20.1 Å². The summed E-state index contributed by atoms with van der Waals surface area (Å²) in [5, 5.41) is 2.72. The van der Waals surface area contributed by atoms with Crippen LogP contribution in [0.2, 0.25) is 0 Å². The zero-order valence-electron chi connectivity index (χ0n) is 23.6. The number of hydrogen-bond acceptors (Lipinski definition) is 7. The smallest absolute Gasteiger partial charge is 0.433 e. The zero-order valence-corrected chi connectivity index (χ0v) is 23.6. The molecule has 0 unspecified atom stereocenters. The van der Waals surface area contributed by atoms with Crippen LogP contribution in [0.4, 0.5) is 24.7 Å². The number of ether oxygens (including phenoxy) is 2. The van der Waals surface area contributed by atoms with Gasteiger partial charge in [-0.15, -0.1) is 0 Å². The quantitative estimate of drug-likeness (QED) is 0.300. The Bertz CT molecular complexity index is 1330. The highest BCUT2D eigenvalue weighted by Crippen LogP contribution is 2.32. The molecule has 1 amide bonds. The molecule has 8 nitrogen and oxygen atoms in total. The third-order valence-electron chi connectivity index (χ3n) is 7.03. The monoisotopic (exact) mass is 571 g/mol. The minimum Gasteiger partial charge on any atom is -0.476 e. The van der Waals surface area contributed by atoms with Crippen LogP contribution in [0.15, 0.2) is 48.7 Å². The van der Waals surface area contributed by atoms with E-state index in [4.69, 9.17) is 14.5 Å². The highest BCUT2D eigenvalue weighted by Gasteiger charge is 2.33. The van der Waals surface area contributed by atoms with Gasteiger partial charge in [0.1, 0.15) is 18.1 Å². The van der Waals surface area contributed by atoms with E-state index >= 15 is 0 Å². The van der Waals surface area contributed by atoms with Crippen LogP contribution in [0.1, 0.15) is 41.4 Å². The maximum Gasteiger partial charge on any atom is 0.433 e. The Kier molecular flexibility index (Phi) is 10.2. The molecule has 2 aromatic heterocycles. The molecule has 0 aliphatic carbocycles. The van der Waals surface area contributed by atoms with Crippen molar-refractivity contribution in [2.75, 3.05) is 63.3 Å². The van der Waals surface area contributed by atoms with Gasteiger partial charge in [0.2, 0.25) is 5.88 Å². The van der Waals surface area contributed by atoms with Crippen LogP contribution in [-0.2, 0) is 10.9 Å². The number of nitrogens with one attached hydrogen (secondary N) is 1. The third-order valence-corrected chi connectivity index (χ3v) is 7.03. The van der Waals surface area contributed by atoms with Crippen molar-refractivity contribution < 1.29 is 27.4 Å². The Morgan fingerprint density at radius 1 is 1.10 bits per heavy atom. The molecule has 0 spiro atoms. The molecule has 0 atom stereocenters. The highest BCUT2D eigenvalue weighted by molar-refractivity contribution is 6.04. The van der Waals surface area contributed by atoms with E-state index in [1.807, 2.05) is 32.0 Å². The molecule has 1 aliphatic rings. The summed E-state index contributed by atoms with van der Waals surface area (Å²) in [5.74, 6) is 0.576. The number of likely N-dealkylation sites (N-methyl/N-ethyl adjacent to an activating group) is 1. The SMILES string of the molecule is CCN(CCOC)c1cc(-c2cc(NC(=O)c3ccnc(C(F)(F)F)c3)ccc2C)cc(OCCN2CCCC2)n1. The van der Waals surface area contributed by atoms with Gasteiger partial charge >= 0.3 is 6.18 Å². The Morgan fingerprint density at radius 2 is 1.88 bits per heavy atom. The second-order valence-electron chi connectivity index (χ2n) is 9.93. The van der Waals surface area contributed by atoms with Gasteiger partial charge < -0.3 is 19.7 Å². The van der Waals surface area contributed by atoms with Crippen LogP contribution in [0.25, 0.3) is 11.1 Å². The maximum absolute atomic E-state index is 13.1. The van der Waals surface area contributed by atoms with Gasteiger partial charge in [-0.3, -0.25) is 14.7 Å². The second kappa shape index (κ2) is 13.8. The zero-order chi connectivity index (χ0) is 29.4. The lowest BCUT2D eigenvalue weighted by molar-refractivity contribution is -0.141. The third kappa shape index (κ3) is 8.17. The van der Waals surface area contributed by atoms with Gasteiger partial charge in [0.15, 0.2) is 0 Å². The van der Waals surface area contributed by atoms with Crippen LogP contribution in [-0.4, -0.2) is 73.8 Å². The number of alkyl halides is 3. The number of pyridine rings is 2. The van der Waals surface area contributed by atoms with Gasteiger partial charge in [0.25, 0.3) is 5.91 Å². The van der Waals surface area contributed by atoms with Gasteiger partial charge in [0, 0.05) is 50.3 Å². The Morgan fingerprint density at radius 3 is 2.59 bits per heavy atom. The Hall–Kier alpha value is -3.70. The lowest BCUT2D eigenvalue weighted by Gasteiger charge is -2.23.